The summed E-state index contributed by atoms with van der Waals surface area (Å²) in [5.74, 6) is 0.705. The van der Waals surface area contributed by atoms with Crippen molar-refractivity contribution in [2.24, 2.45) is 0 Å². The molecule has 3 rings (SSSR count). The molecule has 0 heterocycles. The average molecular weight is 404 g/mol. The minimum Gasteiger partial charge on any atom is -0.497 e. The second-order valence-electron chi connectivity index (χ2n) is 6.76. The minimum atomic E-state index is -0.289. The highest BCUT2D eigenvalue weighted by molar-refractivity contribution is 5.94. The molecule has 0 atom stereocenters. The lowest BCUT2D eigenvalue weighted by molar-refractivity contribution is -0.118. The quantitative estimate of drug-likeness (QED) is 0.596. The van der Waals surface area contributed by atoms with Crippen LogP contribution in [0.2, 0.25) is 0 Å². The highest BCUT2D eigenvalue weighted by atomic mass is 16.5. The summed E-state index contributed by atoms with van der Waals surface area (Å²) in [6.45, 7) is 2.34. The van der Waals surface area contributed by atoms with Crippen LogP contribution < -0.4 is 20.1 Å². The van der Waals surface area contributed by atoms with E-state index >= 15 is 0 Å². The predicted octanol–water partition coefficient (Wildman–Crippen LogP) is 3.95. The number of rotatable bonds is 8. The Balaban J connectivity index is 1.47. The van der Waals surface area contributed by atoms with E-state index < -0.39 is 0 Å². The number of methoxy groups -OCH3 is 1. The Hall–Kier alpha value is -3.80. The van der Waals surface area contributed by atoms with Gasteiger partial charge >= 0.3 is 0 Å². The molecule has 0 fully saturated rings. The van der Waals surface area contributed by atoms with Crippen molar-refractivity contribution in [2.45, 2.75) is 13.5 Å². The lowest BCUT2D eigenvalue weighted by atomic mass is 10.1. The van der Waals surface area contributed by atoms with Gasteiger partial charge in [-0.25, -0.2) is 0 Å². The summed E-state index contributed by atoms with van der Waals surface area (Å²) in [4.78, 5) is 24.4. The van der Waals surface area contributed by atoms with Crippen molar-refractivity contribution in [3.8, 4) is 11.5 Å². The van der Waals surface area contributed by atoms with Crippen molar-refractivity contribution >= 4 is 17.5 Å². The standard InChI is InChI=1S/C24H24N2O4/c1-17-6-8-18(9-7-17)15-25-24(28)19-10-12-21(13-11-19)30-16-23(27)26-20-4-3-5-22(14-20)29-2/h3-14H,15-16H2,1-2H3,(H,25,28)(H,26,27). The molecule has 6 heteroatoms. The number of benzene rings is 3. The highest BCUT2D eigenvalue weighted by Gasteiger charge is 2.08. The van der Waals surface area contributed by atoms with E-state index in [0.29, 0.717) is 29.3 Å². The van der Waals surface area contributed by atoms with Crippen LogP contribution in [0.5, 0.6) is 11.5 Å². The molecular weight excluding hydrogens is 380 g/mol. The van der Waals surface area contributed by atoms with Crippen LogP contribution in [0, 0.1) is 6.92 Å². The Kier molecular flexibility index (Phi) is 7.05. The van der Waals surface area contributed by atoms with Gasteiger partial charge in [-0.3, -0.25) is 9.59 Å². The van der Waals surface area contributed by atoms with Crippen molar-refractivity contribution in [1.29, 1.82) is 0 Å². The van der Waals surface area contributed by atoms with Crippen LogP contribution >= 0.6 is 0 Å². The molecule has 0 saturated carbocycles. The van der Waals surface area contributed by atoms with E-state index in [4.69, 9.17) is 9.47 Å². The molecule has 0 aliphatic heterocycles. The lowest BCUT2D eigenvalue weighted by Gasteiger charge is -2.09. The number of ether oxygens (including phenoxy) is 2. The topological polar surface area (TPSA) is 76.7 Å². The van der Waals surface area contributed by atoms with E-state index in [9.17, 15) is 9.59 Å². The molecule has 0 bridgehead atoms. The van der Waals surface area contributed by atoms with Crippen LogP contribution in [0.4, 0.5) is 5.69 Å². The molecule has 0 spiro atoms. The zero-order valence-corrected chi connectivity index (χ0v) is 17.0. The van der Waals surface area contributed by atoms with E-state index in [1.165, 1.54) is 5.56 Å². The fraction of sp³-hybridized carbons (Fsp3) is 0.167. The zero-order chi connectivity index (χ0) is 21.3. The molecule has 0 aromatic heterocycles. The first-order valence-electron chi connectivity index (χ1n) is 9.54. The molecule has 0 aliphatic rings. The van der Waals surface area contributed by atoms with Gasteiger partial charge in [0.1, 0.15) is 11.5 Å². The zero-order valence-electron chi connectivity index (χ0n) is 17.0. The third kappa shape index (κ3) is 6.10. The summed E-state index contributed by atoms with van der Waals surface area (Å²) in [5.41, 5.74) is 3.37. The summed E-state index contributed by atoms with van der Waals surface area (Å²) < 4.78 is 10.6. The first-order chi connectivity index (χ1) is 14.5. The van der Waals surface area contributed by atoms with E-state index in [-0.39, 0.29) is 18.4 Å². The van der Waals surface area contributed by atoms with Gasteiger partial charge in [-0.2, -0.15) is 0 Å². The van der Waals surface area contributed by atoms with Crippen LogP contribution in [0.1, 0.15) is 21.5 Å². The molecule has 6 nitrogen and oxygen atoms in total. The molecular formula is C24H24N2O4. The maximum absolute atomic E-state index is 12.3. The summed E-state index contributed by atoms with van der Waals surface area (Å²) in [6.07, 6.45) is 0. The fourth-order valence-electron chi connectivity index (χ4n) is 2.74. The summed E-state index contributed by atoms with van der Waals surface area (Å²) in [5, 5.41) is 5.63. The van der Waals surface area contributed by atoms with E-state index in [1.54, 1.807) is 55.6 Å². The third-order valence-corrected chi connectivity index (χ3v) is 4.41. The number of carbonyl (C=O) groups is 2. The lowest BCUT2D eigenvalue weighted by Crippen LogP contribution is -2.22. The van der Waals surface area contributed by atoms with Gasteiger partial charge in [0.2, 0.25) is 0 Å². The predicted molar refractivity (Wildman–Crippen MR) is 116 cm³/mol. The normalized spacial score (nSPS) is 10.2. The minimum absolute atomic E-state index is 0.143. The third-order valence-electron chi connectivity index (χ3n) is 4.41. The molecule has 2 amide bonds. The van der Waals surface area contributed by atoms with Crippen molar-refractivity contribution < 1.29 is 19.1 Å². The maximum atomic E-state index is 12.3. The molecule has 0 saturated heterocycles. The number of amides is 2. The molecule has 3 aromatic carbocycles. The Morgan fingerprint density at radius 1 is 0.900 bits per heavy atom. The van der Waals surface area contributed by atoms with Crippen molar-refractivity contribution in [3.05, 3.63) is 89.5 Å². The number of carbonyl (C=O) groups excluding carboxylic acids is 2. The van der Waals surface area contributed by atoms with Crippen LogP contribution in [0.25, 0.3) is 0 Å². The monoisotopic (exact) mass is 404 g/mol. The van der Waals surface area contributed by atoms with Crippen LogP contribution in [-0.2, 0) is 11.3 Å². The van der Waals surface area contributed by atoms with Crippen molar-refractivity contribution in [2.75, 3.05) is 19.0 Å². The summed E-state index contributed by atoms with van der Waals surface area (Å²) in [7, 11) is 1.57. The molecule has 2 N–H and O–H groups in total. The number of aryl methyl sites for hydroxylation is 1. The second-order valence-corrected chi connectivity index (χ2v) is 6.76. The number of hydrogen-bond acceptors (Lipinski definition) is 4. The van der Waals surface area contributed by atoms with Gasteiger partial charge in [-0.05, 0) is 48.9 Å². The Bertz CT molecular complexity index is 998. The molecule has 3 aromatic rings. The first-order valence-corrected chi connectivity index (χ1v) is 9.54. The Labute approximate surface area is 175 Å². The van der Waals surface area contributed by atoms with Gasteiger partial charge in [-0.15, -0.1) is 0 Å². The Morgan fingerprint density at radius 3 is 2.33 bits per heavy atom. The largest absolute Gasteiger partial charge is 0.497 e. The van der Waals surface area contributed by atoms with Crippen molar-refractivity contribution in [3.63, 3.8) is 0 Å². The molecule has 154 valence electrons. The van der Waals surface area contributed by atoms with Crippen LogP contribution in [-0.4, -0.2) is 25.5 Å². The molecule has 30 heavy (non-hydrogen) atoms. The van der Waals surface area contributed by atoms with Crippen LogP contribution in [0.3, 0.4) is 0 Å². The van der Waals surface area contributed by atoms with Gasteiger partial charge < -0.3 is 20.1 Å². The molecule has 0 aliphatic carbocycles. The van der Waals surface area contributed by atoms with Crippen molar-refractivity contribution in [1.82, 2.24) is 5.32 Å². The number of nitrogens with one attached hydrogen (secondary N) is 2. The molecule has 0 unspecified atom stereocenters. The van der Waals surface area contributed by atoms with Crippen LogP contribution in [0.15, 0.2) is 72.8 Å². The van der Waals surface area contributed by atoms with E-state index in [1.807, 2.05) is 31.2 Å². The van der Waals surface area contributed by atoms with E-state index in [2.05, 4.69) is 10.6 Å². The smallest absolute Gasteiger partial charge is 0.262 e. The van der Waals surface area contributed by atoms with Gasteiger partial charge in [0.05, 0.1) is 7.11 Å². The van der Waals surface area contributed by atoms with E-state index in [0.717, 1.165) is 5.56 Å². The average Bonchev–Trinajstić information content (AvgIpc) is 2.77. The number of hydrogen-bond donors (Lipinski definition) is 2. The van der Waals surface area contributed by atoms with Gasteiger partial charge in [0.15, 0.2) is 6.61 Å². The summed E-state index contributed by atoms with van der Waals surface area (Å²) >= 11 is 0. The van der Waals surface area contributed by atoms with Gasteiger partial charge in [-0.1, -0.05) is 35.9 Å². The fourth-order valence-corrected chi connectivity index (χ4v) is 2.74. The first kappa shape index (κ1) is 20.9. The summed E-state index contributed by atoms with van der Waals surface area (Å²) in [6, 6.07) is 21.7. The molecule has 0 radical (unpaired) electrons. The maximum Gasteiger partial charge on any atom is 0.262 e. The van der Waals surface area contributed by atoms with Gasteiger partial charge in [0.25, 0.3) is 11.8 Å². The highest BCUT2D eigenvalue weighted by Crippen LogP contribution is 2.17. The van der Waals surface area contributed by atoms with Gasteiger partial charge in [0, 0.05) is 23.9 Å². The SMILES string of the molecule is COc1cccc(NC(=O)COc2ccc(C(=O)NCc3ccc(C)cc3)cc2)c1. The second kappa shape index (κ2) is 10.1. The Morgan fingerprint density at radius 2 is 1.63 bits per heavy atom. The number of anilines is 1.